The second-order valence-electron chi connectivity index (χ2n) is 2.51. The molecule has 0 spiro atoms. The number of aromatic nitrogens is 2. The predicted octanol–water partition coefficient (Wildman–Crippen LogP) is 1.13. The van der Waals surface area contributed by atoms with Gasteiger partial charge in [-0.25, -0.2) is 4.98 Å². The van der Waals surface area contributed by atoms with E-state index in [1.165, 1.54) is 0 Å². The van der Waals surface area contributed by atoms with Crippen LogP contribution in [-0.2, 0) is 0 Å². The standard InChI is InChI=1S/C9H5FN2O/c10-6-5-11-7-3-1-2-4-8(7)12-9(6)13/h1-5H. The number of rotatable bonds is 0. The molecule has 0 radical (unpaired) electrons. The first-order chi connectivity index (χ1) is 6.27. The van der Waals surface area contributed by atoms with Crippen LogP contribution in [0.15, 0.2) is 35.3 Å². The van der Waals surface area contributed by atoms with Gasteiger partial charge in [-0.15, -0.1) is 0 Å². The zero-order chi connectivity index (χ0) is 9.26. The predicted molar refractivity (Wildman–Crippen MR) is 45.8 cm³/mol. The summed E-state index contributed by atoms with van der Waals surface area (Å²) in [5, 5.41) is 0. The van der Waals surface area contributed by atoms with Gasteiger partial charge in [0.1, 0.15) is 0 Å². The molecule has 0 N–H and O–H groups in total. The molecule has 0 unspecified atom stereocenters. The second-order valence-corrected chi connectivity index (χ2v) is 2.51. The molecule has 1 heterocycles. The first-order valence-electron chi connectivity index (χ1n) is 3.69. The van der Waals surface area contributed by atoms with Crippen molar-refractivity contribution in [2.45, 2.75) is 0 Å². The monoisotopic (exact) mass is 176 g/mol. The maximum atomic E-state index is 12.7. The summed E-state index contributed by atoms with van der Waals surface area (Å²) in [6, 6.07) is 6.75. The van der Waals surface area contributed by atoms with Gasteiger partial charge in [0.05, 0.1) is 17.2 Å². The van der Waals surface area contributed by atoms with E-state index in [4.69, 9.17) is 0 Å². The van der Waals surface area contributed by atoms with E-state index < -0.39 is 11.4 Å². The number of hydrogen-bond donors (Lipinski definition) is 0. The average molecular weight is 176 g/mol. The summed E-state index contributed by atoms with van der Waals surface area (Å²) < 4.78 is 12.7. The Labute approximate surface area is 72.9 Å². The Hall–Kier alpha value is -1.84. The summed E-state index contributed by atoms with van der Waals surface area (Å²) in [6.07, 6.45) is 0.887. The first kappa shape index (κ1) is 7.79. The van der Waals surface area contributed by atoms with Gasteiger partial charge >= 0.3 is 5.56 Å². The van der Waals surface area contributed by atoms with E-state index in [-0.39, 0.29) is 0 Å². The van der Waals surface area contributed by atoms with Crippen molar-refractivity contribution in [3.8, 4) is 0 Å². The Morgan fingerprint density at radius 1 is 1.15 bits per heavy atom. The van der Waals surface area contributed by atoms with Gasteiger partial charge < -0.3 is 0 Å². The highest BCUT2D eigenvalue weighted by Gasteiger charge is 1.98. The van der Waals surface area contributed by atoms with Crippen molar-refractivity contribution in [3.05, 3.63) is 46.6 Å². The third-order valence-electron chi connectivity index (χ3n) is 1.63. The molecule has 1 aromatic heterocycles. The molecule has 4 heteroatoms. The molecule has 0 amide bonds. The largest absolute Gasteiger partial charge is 0.307 e. The lowest BCUT2D eigenvalue weighted by Crippen LogP contribution is -2.05. The number of benzene rings is 1. The lowest BCUT2D eigenvalue weighted by Gasteiger charge is -1.85. The Bertz CT molecular complexity index is 513. The van der Waals surface area contributed by atoms with Gasteiger partial charge in [-0.05, 0) is 12.1 Å². The molecular formula is C9H5FN2O. The van der Waals surface area contributed by atoms with Gasteiger partial charge in [-0.3, -0.25) is 9.78 Å². The first-order valence-corrected chi connectivity index (χ1v) is 3.69. The van der Waals surface area contributed by atoms with Crippen LogP contribution in [0.1, 0.15) is 0 Å². The van der Waals surface area contributed by atoms with Crippen molar-refractivity contribution < 1.29 is 4.39 Å². The molecule has 0 aliphatic heterocycles. The molecule has 0 atom stereocenters. The van der Waals surface area contributed by atoms with E-state index in [9.17, 15) is 9.18 Å². The molecule has 0 bridgehead atoms. The molecule has 0 fully saturated rings. The van der Waals surface area contributed by atoms with E-state index in [1.54, 1.807) is 24.3 Å². The molecule has 64 valence electrons. The number of hydrogen-bond acceptors (Lipinski definition) is 3. The fourth-order valence-electron chi connectivity index (χ4n) is 1.01. The molecule has 0 aliphatic rings. The van der Waals surface area contributed by atoms with E-state index in [2.05, 4.69) is 9.97 Å². The Balaban J connectivity index is 2.97. The van der Waals surface area contributed by atoms with Crippen molar-refractivity contribution in [1.82, 2.24) is 9.97 Å². The third kappa shape index (κ3) is 1.38. The van der Waals surface area contributed by atoms with Crippen LogP contribution in [0.3, 0.4) is 0 Å². The molecular weight excluding hydrogens is 171 g/mol. The zero-order valence-corrected chi connectivity index (χ0v) is 6.57. The van der Waals surface area contributed by atoms with Gasteiger partial charge in [-0.2, -0.15) is 4.39 Å². The van der Waals surface area contributed by atoms with Crippen LogP contribution in [0.5, 0.6) is 0 Å². The summed E-state index contributed by atoms with van der Waals surface area (Å²) in [7, 11) is 0. The van der Waals surface area contributed by atoms with Crippen LogP contribution in [-0.4, -0.2) is 9.97 Å². The quantitative estimate of drug-likeness (QED) is 0.604. The SMILES string of the molecule is O=c1nc2ccccc2ncc1F. The van der Waals surface area contributed by atoms with E-state index in [0.717, 1.165) is 6.20 Å². The number of fused-ring (bicyclic) bond motifs is 1. The molecule has 0 saturated heterocycles. The smallest absolute Gasteiger partial charge is 0.264 e. The fourth-order valence-corrected chi connectivity index (χ4v) is 1.01. The highest BCUT2D eigenvalue weighted by Crippen LogP contribution is 2.03. The molecule has 13 heavy (non-hydrogen) atoms. The van der Waals surface area contributed by atoms with Crippen LogP contribution in [0.2, 0.25) is 0 Å². The minimum absolute atomic E-state index is 0.399. The molecule has 1 aromatic carbocycles. The van der Waals surface area contributed by atoms with Gasteiger partial charge in [0.2, 0.25) is 5.82 Å². The fraction of sp³-hybridized carbons (Fsp3) is 0. The molecule has 2 aromatic rings. The Morgan fingerprint density at radius 2 is 1.85 bits per heavy atom. The van der Waals surface area contributed by atoms with Crippen molar-refractivity contribution in [2.75, 3.05) is 0 Å². The van der Waals surface area contributed by atoms with Crippen molar-refractivity contribution in [2.24, 2.45) is 0 Å². The van der Waals surface area contributed by atoms with E-state index >= 15 is 0 Å². The normalized spacial score (nSPS) is 10.2. The van der Waals surface area contributed by atoms with Crippen molar-refractivity contribution in [1.29, 1.82) is 0 Å². The lowest BCUT2D eigenvalue weighted by atomic mass is 10.3. The topological polar surface area (TPSA) is 42.9 Å². The Morgan fingerprint density at radius 3 is 2.62 bits per heavy atom. The molecule has 0 aliphatic carbocycles. The third-order valence-corrected chi connectivity index (χ3v) is 1.63. The van der Waals surface area contributed by atoms with Gasteiger partial charge in [0.25, 0.3) is 0 Å². The maximum Gasteiger partial charge on any atom is 0.307 e. The van der Waals surface area contributed by atoms with Crippen molar-refractivity contribution >= 4 is 11.0 Å². The van der Waals surface area contributed by atoms with Crippen LogP contribution < -0.4 is 5.56 Å². The highest BCUT2D eigenvalue weighted by atomic mass is 19.1. The molecule has 3 nitrogen and oxygen atoms in total. The molecule has 0 saturated carbocycles. The highest BCUT2D eigenvalue weighted by molar-refractivity contribution is 5.72. The van der Waals surface area contributed by atoms with E-state index in [0.29, 0.717) is 11.0 Å². The summed E-state index contributed by atoms with van der Waals surface area (Å²) in [5.74, 6) is -0.934. The van der Waals surface area contributed by atoms with Crippen LogP contribution in [0.4, 0.5) is 4.39 Å². The minimum atomic E-state index is -0.934. The van der Waals surface area contributed by atoms with Crippen LogP contribution in [0, 0.1) is 5.82 Å². The number of nitrogens with zero attached hydrogens (tertiary/aromatic N) is 2. The van der Waals surface area contributed by atoms with Crippen molar-refractivity contribution in [3.63, 3.8) is 0 Å². The van der Waals surface area contributed by atoms with Crippen LogP contribution >= 0.6 is 0 Å². The summed E-state index contributed by atoms with van der Waals surface area (Å²) in [4.78, 5) is 18.2. The van der Waals surface area contributed by atoms with E-state index in [1.807, 2.05) is 0 Å². The minimum Gasteiger partial charge on any atom is -0.264 e. The lowest BCUT2D eigenvalue weighted by molar-refractivity contribution is 0.608. The van der Waals surface area contributed by atoms with Gasteiger partial charge in [0, 0.05) is 0 Å². The number of halogens is 1. The second kappa shape index (κ2) is 2.90. The maximum absolute atomic E-state index is 12.7. The van der Waals surface area contributed by atoms with Gasteiger partial charge in [0.15, 0.2) is 0 Å². The Kier molecular flexibility index (Phi) is 1.73. The zero-order valence-electron chi connectivity index (χ0n) is 6.57. The summed E-state index contributed by atoms with van der Waals surface area (Å²) in [5.41, 5.74) is 0.0219. The molecule has 2 rings (SSSR count). The summed E-state index contributed by atoms with van der Waals surface area (Å²) >= 11 is 0. The number of para-hydroxylation sites is 2. The van der Waals surface area contributed by atoms with Crippen LogP contribution in [0.25, 0.3) is 11.0 Å². The summed E-state index contributed by atoms with van der Waals surface area (Å²) in [6.45, 7) is 0. The average Bonchev–Trinajstić information content (AvgIpc) is 2.28. The van der Waals surface area contributed by atoms with Gasteiger partial charge in [-0.1, -0.05) is 12.1 Å².